The number of hydrazine groups is 1. The van der Waals surface area contributed by atoms with Gasteiger partial charge in [0.1, 0.15) is 0 Å². The lowest BCUT2D eigenvalue weighted by atomic mass is 10.1. The van der Waals surface area contributed by atoms with Gasteiger partial charge < -0.3 is 9.75 Å². The summed E-state index contributed by atoms with van der Waals surface area (Å²) in [4.78, 5) is 11.3. The molecule has 0 aliphatic rings. The Labute approximate surface area is 123 Å². The lowest BCUT2D eigenvalue weighted by Gasteiger charge is -2.18. The molecule has 0 unspecified atom stereocenters. The Morgan fingerprint density at radius 2 is 1.81 bits per heavy atom. The number of nitrogens with two attached hydrogens (primary N) is 1. The first-order valence-electron chi connectivity index (χ1n) is 6.33. The standard InChI is InChI=1S/C16H15N3O2/c1-21-16(20)14-6-2-13(3-7-14)11-19(18)15-8-4-12(10-17)5-9-15/h2-9H,11,18H2,1H3. The highest BCUT2D eigenvalue weighted by Crippen LogP contribution is 2.15. The average molecular weight is 281 g/mol. The number of nitriles is 1. The van der Waals surface area contributed by atoms with Gasteiger partial charge in [-0.1, -0.05) is 12.1 Å². The molecule has 2 aromatic carbocycles. The van der Waals surface area contributed by atoms with Crippen molar-refractivity contribution in [1.29, 1.82) is 5.26 Å². The zero-order chi connectivity index (χ0) is 15.2. The van der Waals surface area contributed by atoms with Crippen LogP contribution in [0.1, 0.15) is 21.5 Å². The Morgan fingerprint density at radius 1 is 1.19 bits per heavy atom. The number of hydrogen-bond donors (Lipinski definition) is 1. The summed E-state index contributed by atoms with van der Waals surface area (Å²) in [7, 11) is 1.35. The molecular formula is C16H15N3O2. The van der Waals surface area contributed by atoms with Gasteiger partial charge in [-0.25, -0.2) is 10.6 Å². The Bertz CT molecular complexity index is 657. The van der Waals surface area contributed by atoms with E-state index in [1.807, 2.05) is 12.1 Å². The summed E-state index contributed by atoms with van der Waals surface area (Å²) in [6, 6.07) is 16.1. The Hall–Kier alpha value is -2.84. The number of benzene rings is 2. The lowest BCUT2D eigenvalue weighted by Crippen LogP contribution is -2.29. The molecule has 0 saturated heterocycles. The summed E-state index contributed by atoms with van der Waals surface area (Å²) in [5.74, 6) is 5.64. The number of hydrogen-bond acceptors (Lipinski definition) is 5. The molecule has 2 N–H and O–H groups in total. The third-order valence-corrected chi connectivity index (χ3v) is 3.06. The minimum atomic E-state index is -0.363. The van der Waals surface area contributed by atoms with E-state index >= 15 is 0 Å². The van der Waals surface area contributed by atoms with Crippen molar-refractivity contribution in [3.63, 3.8) is 0 Å². The predicted molar refractivity (Wildman–Crippen MR) is 79.3 cm³/mol. The average Bonchev–Trinajstić information content (AvgIpc) is 2.55. The van der Waals surface area contributed by atoms with Crippen molar-refractivity contribution in [2.24, 2.45) is 5.84 Å². The highest BCUT2D eigenvalue weighted by Gasteiger charge is 2.06. The van der Waals surface area contributed by atoms with E-state index in [-0.39, 0.29) is 5.97 Å². The van der Waals surface area contributed by atoms with Crippen LogP contribution in [0.5, 0.6) is 0 Å². The molecule has 0 saturated carbocycles. The molecule has 0 spiro atoms. The monoisotopic (exact) mass is 281 g/mol. The molecule has 21 heavy (non-hydrogen) atoms. The zero-order valence-corrected chi connectivity index (χ0v) is 11.6. The molecule has 5 heteroatoms. The fraction of sp³-hybridized carbons (Fsp3) is 0.125. The van der Waals surface area contributed by atoms with Gasteiger partial charge in [-0.3, -0.25) is 0 Å². The summed E-state index contributed by atoms with van der Waals surface area (Å²) in [5, 5.41) is 10.3. The summed E-state index contributed by atoms with van der Waals surface area (Å²) >= 11 is 0. The minimum absolute atomic E-state index is 0.363. The first-order chi connectivity index (χ1) is 10.1. The number of carbonyl (C=O) groups is 1. The van der Waals surface area contributed by atoms with E-state index in [2.05, 4.69) is 10.8 Å². The molecule has 0 aromatic heterocycles. The highest BCUT2D eigenvalue weighted by atomic mass is 16.5. The Morgan fingerprint density at radius 3 is 2.33 bits per heavy atom. The topological polar surface area (TPSA) is 79.3 Å². The minimum Gasteiger partial charge on any atom is -0.465 e. The van der Waals surface area contributed by atoms with Crippen molar-refractivity contribution >= 4 is 11.7 Å². The first-order valence-corrected chi connectivity index (χ1v) is 6.33. The summed E-state index contributed by atoms with van der Waals surface area (Å²) in [6.07, 6.45) is 0. The second-order valence-corrected chi connectivity index (χ2v) is 4.48. The summed E-state index contributed by atoms with van der Waals surface area (Å²) in [6.45, 7) is 0.493. The quantitative estimate of drug-likeness (QED) is 0.528. The normalized spacial score (nSPS) is 9.76. The van der Waals surface area contributed by atoms with Crippen molar-refractivity contribution in [3.05, 3.63) is 65.2 Å². The zero-order valence-electron chi connectivity index (χ0n) is 11.6. The first kappa shape index (κ1) is 14.6. The number of anilines is 1. The van der Waals surface area contributed by atoms with E-state index in [1.54, 1.807) is 41.4 Å². The number of methoxy groups -OCH3 is 1. The fourth-order valence-electron chi connectivity index (χ4n) is 1.88. The van der Waals surface area contributed by atoms with E-state index in [9.17, 15) is 4.79 Å². The molecule has 0 atom stereocenters. The van der Waals surface area contributed by atoms with Gasteiger partial charge in [0.05, 0.1) is 36.5 Å². The maximum absolute atomic E-state index is 11.3. The van der Waals surface area contributed by atoms with E-state index in [0.717, 1.165) is 11.3 Å². The third kappa shape index (κ3) is 3.59. The van der Waals surface area contributed by atoms with Crippen molar-refractivity contribution in [2.75, 3.05) is 12.1 Å². The van der Waals surface area contributed by atoms with Gasteiger partial charge in [0, 0.05) is 0 Å². The number of rotatable bonds is 4. The van der Waals surface area contributed by atoms with Crippen molar-refractivity contribution in [2.45, 2.75) is 6.54 Å². The third-order valence-electron chi connectivity index (χ3n) is 3.06. The van der Waals surface area contributed by atoms with Crippen LogP contribution in [0.4, 0.5) is 5.69 Å². The van der Waals surface area contributed by atoms with Gasteiger partial charge in [-0.05, 0) is 42.0 Å². The second kappa shape index (κ2) is 6.55. The fourth-order valence-corrected chi connectivity index (χ4v) is 1.88. The van der Waals surface area contributed by atoms with Gasteiger partial charge >= 0.3 is 5.97 Å². The molecule has 5 nitrogen and oxygen atoms in total. The molecule has 0 aliphatic heterocycles. The van der Waals surface area contributed by atoms with Crippen molar-refractivity contribution < 1.29 is 9.53 Å². The van der Waals surface area contributed by atoms with Crippen LogP contribution in [0.15, 0.2) is 48.5 Å². The van der Waals surface area contributed by atoms with Crippen LogP contribution < -0.4 is 10.9 Å². The number of nitrogens with zero attached hydrogens (tertiary/aromatic N) is 2. The molecule has 0 bridgehead atoms. The predicted octanol–water partition coefficient (Wildman–Crippen LogP) is 2.23. The molecular weight excluding hydrogens is 266 g/mol. The Kier molecular flexibility index (Phi) is 4.54. The van der Waals surface area contributed by atoms with Crippen LogP contribution in [0.25, 0.3) is 0 Å². The van der Waals surface area contributed by atoms with Crippen molar-refractivity contribution in [3.8, 4) is 6.07 Å². The molecule has 2 rings (SSSR count). The van der Waals surface area contributed by atoms with Crippen LogP contribution in [-0.2, 0) is 11.3 Å². The maximum Gasteiger partial charge on any atom is 0.337 e. The molecule has 0 amide bonds. The van der Waals surface area contributed by atoms with Gasteiger partial charge in [0.2, 0.25) is 0 Å². The van der Waals surface area contributed by atoms with E-state index in [0.29, 0.717) is 17.7 Å². The number of carbonyl (C=O) groups excluding carboxylic acids is 1. The van der Waals surface area contributed by atoms with Gasteiger partial charge in [-0.15, -0.1) is 0 Å². The van der Waals surface area contributed by atoms with Gasteiger partial charge in [0.25, 0.3) is 0 Å². The molecule has 0 fully saturated rings. The SMILES string of the molecule is COC(=O)c1ccc(CN(N)c2ccc(C#N)cc2)cc1. The lowest BCUT2D eigenvalue weighted by molar-refractivity contribution is 0.0600. The van der Waals surface area contributed by atoms with Crippen molar-refractivity contribution in [1.82, 2.24) is 0 Å². The molecule has 0 radical (unpaired) electrons. The Balaban J connectivity index is 2.06. The number of esters is 1. The summed E-state index contributed by atoms with van der Waals surface area (Å²) < 4.78 is 4.65. The van der Waals surface area contributed by atoms with Crippen LogP contribution in [0.2, 0.25) is 0 Å². The van der Waals surface area contributed by atoms with Crippen LogP contribution in [-0.4, -0.2) is 13.1 Å². The highest BCUT2D eigenvalue weighted by molar-refractivity contribution is 5.89. The summed E-state index contributed by atoms with van der Waals surface area (Å²) in [5.41, 5.74) is 2.87. The largest absolute Gasteiger partial charge is 0.465 e. The second-order valence-electron chi connectivity index (χ2n) is 4.48. The molecule has 0 heterocycles. The van der Waals surface area contributed by atoms with Crippen LogP contribution >= 0.6 is 0 Å². The van der Waals surface area contributed by atoms with E-state index in [1.165, 1.54) is 7.11 Å². The number of ether oxygens (including phenoxy) is 1. The molecule has 106 valence electrons. The van der Waals surface area contributed by atoms with Crippen LogP contribution in [0, 0.1) is 11.3 Å². The van der Waals surface area contributed by atoms with E-state index in [4.69, 9.17) is 11.1 Å². The van der Waals surface area contributed by atoms with Gasteiger partial charge in [0.15, 0.2) is 0 Å². The maximum atomic E-state index is 11.3. The van der Waals surface area contributed by atoms with Gasteiger partial charge in [-0.2, -0.15) is 5.26 Å². The molecule has 2 aromatic rings. The molecule has 0 aliphatic carbocycles. The van der Waals surface area contributed by atoms with E-state index < -0.39 is 0 Å². The smallest absolute Gasteiger partial charge is 0.337 e. The van der Waals surface area contributed by atoms with Crippen LogP contribution in [0.3, 0.4) is 0 Å².